The minimum absolute atomic E-state index is 0.0119. The summed E-state index contributed by atoms with van der Waals surface area (Å²) in [6.07, 6.45) is 1.58. The topological polar surface area (TPSA) is 84.1 Å². The molecule has 1 atom stereocenters. The maximum Gasteiger partial charge on any atom is 0.253 e. The summed E-state index contributed by atoms with van der Waals surface area (Å²) in [5.74, 6) is 0.309. The second kappa shape index (κ2) is 8.22. The zero-order valence-corrected chi connectivity index (χ0v) is 16.7. The number of carbonyl (C=O) groups excluding carboxylic acids is 1. The molecule has 0 spiro atoms. The molecule has 2 N–H and O–H groups in total. The van der Waals surface area contributed by atoms with Crippen molar-refractivity contribution in [1.82, 2.24) is 9.62 Å². The summed E-state index contributed by atoms with van der Waals surface area (Å²) in [7, 11) is 3.11. The van der Waals surface area contributed by atoms with Gasteiger partial charge in [-0.15, -0.1) is 0 Å². The molecule has 0 radical (unpaired) electrons. The van der Waals surface area contributed by atoms with Crippen molar-refractivity contribution in [2.45, 2.75) is 10.9 Å². The van der Waals surface area contributed by atoms with Crippen LogP contribution < -0.4 is 10.2 Å². The maximum atomic E-state index is 12.6. The minimum Gasteiger partial charge on any atom is -0.463 e. The van der Waals surface area contributed by atoms with Gasteiger partial charge in [-0.2, -0.15) is 0 Å². The van der Waals surface area contributed by atoms with E-state index in [4.69, 9.17) is 16.0 Å². The summed E-state index contributed by atoms with van der Waals surface area (Å²) in [5.41, 5.74) is 0.113. The van der Waals surface area contributed by atoms with E-state index in [1.807, 2.05) is 20.2 Å². The van der Waals surface area contributed by atoms with Gasteiger partial charge in [0.05, 0.1) is 42.4 Å². The number of nitrogens with zero attached hydrogens (tertiary/aromatic N) is 1. The Morgan fingerprint density at radius 1 is 1.31 bits per heavy atom. The summed E-state index contributed by atoms with van der Waals surface area (Å²) in [4.78, 5) is 13.7. The number of likely N-dealkylation sites (N-methyl/N-ethyl adjacent to an activating group) is 1. The van der Waals surface area contributed by atoms with Crippen LogP contribution in [-0.4, -0.2) is 53.4 Å². The molecule has 2 aromatic rings. The molecule has 0 aliphatic carbocycles. The summed E-state index contributed by atoms with van der Waals surface area (Å²) < 4.78 is 31.0. The average molecular weight is 401 g/mol. The lowest BCUT2D eigenvalue weighted by molar-refractivity contribution is -0.891. The van der Waals surface area contributed by atoms with E-state index >= 15 is 0 Å². The molecule has 0 saturated carbocycles. The van der Waals surface area contributed by atoms with Gasteiger partial charge in [-0.3, -0.25) is 4.79 Å². The zero-order valence-electron chi connectivity index (χ0n) is 15.1. The third-order valence-electron chi connectivity index (χ3n) is 4.01. The molecule has 1 aromatic heterocycles. The molecule has 9 heteroatoms. The predicted molar refractivity (Wildman–Crippen MR) is 98.9 cm³/mol. The number of hydrogen-bond donors (Lipinski definition) is 2. The van der Waals surface area contributed by atoms with E-state index in [0.29, 0.717) is 6.54 Å². The Balaban J connectivity index is 2.22. The summed E-state index contributed by atoms with van der Waals surface area (Å²) >= 11 is 6.11. The first-order valence-electron chi connectivity index (χ1n) is 7.98. The smallest absolute Gasteiger partial charge is 0.253 e. The number of furan rings is 1. The Labute approximate surface area is 158 Å². The number of carbonyl (C=O) groups is 1. The van der Waals surface area contributed by atoms with Gasteiger partial charge in [0, 0.05) is 14.1 Å². The van der Waals surface area contributed by atoms with Crippen molar-refractivity contribution < 1.29 is 22.5 Å². The molecule has 0 fully saturated rings. The highest BCUT2D eigenvalue weighted by atomic mass is 35.5. The van der Waals surface area contributed by atoms with E-state index in [1.54, 1.807) is 12.3 Å². The van der Waals surface area contributed by atoms with Gasteiger partial charge in [0.15, 0.2) is 11.8 Å². The van der Waals surface area contributed by atoms with Gasteiger partial charge in [0.1, 0.15) is 0 Å². The quantitative estimate of drug-likeness (QED) is 0.720. The molecular formula is C17H23ClN3O4S+. The minimum atomic E-state index is -3.65. The van der Waals surface area contributed by atoms with Gasteiger partial charge in [-0.1, -0.05) is 11.6 Å². The molecule has 0 aliphatic heterocycles. The molecule has 0 unspecified atom stereocenters. The monoisotopic (exact) mass is 400 g/mol. The van der Waals surface area contributed by atoms with Crippen LogP contribution in [0.25, 0.3) is 0 Å². The fourth-order valence-corrected chi connectivity index (χ4v) is 3.55. The molecule has 1 aromatic carbocycles. The van der Waals surface area contributed by atoms with Gasteiger partial charge >= 0.3 is 0 Å². The normalized spacial score (nSPS) is 13.2. The van der Waals surface area contributed by atoms with Gasteiger partial charge < -0.3 is 14.6 Å². The SMILES string of the molecule is CN(C)S(=O)(=O)c1ccc(Cl)c(C(=O)NC[C@@H](c2ccco2)[NH+](C)C)c1. The van der Waals surface area contributed by atoms with Crippen molar-refractivity contribution in [3.05, 3.63) is 52.9 Å². The number of rotatable bonds is 7. The molecule has 142 valence electrons. The molecule has 1 amide bonds. The highest BCUT2D eigenvalue weighted by molar-refractivity contribution is 7.89. The van der Waals surface area contributed by atoms with Crippen LogP contribution in [0.2, 0.25) is 5.02 Å². The second-order valence-corrected chi connectivity index (χ2v) is 8.84. The van der Waals surface area contributed by atoms with E-state index in [0.717, 1.165) is 15.0 Å². The van der Waals surface area contributed by atoms with Crippen LogP contribution >= 0.6 is 11.6 Å². The highest BCUT2D eigenvalue weighted by Gasteiger charge is 2.24. The third-order valence-corrected chi connectivity index (χ3v) is 6.15. The van der Waals surface area contributed by atoms with Crippen molar-refractivity contribution in [1.29, 1.82) is 0 Å². The lowest BCUT2D eigenvalue weighted by atomic mass is 10.1. The molecule has 26 heavy (non-hydrogen) atoms. The lowest BCUT2D eigenvalue weighted by Crippen LogP contribution is -3.07. The number of sulfonamides is 1. The first-order chi connectivity index (χ1) is 12.1. The summed E-state index contributed by atoms with van der Waals surface area (Å²) in [6.45, 7) is 0.315. The fourth-order valence-electron chi connectivity index (χ4n) is 2.42. The van der Waals surface area contributed by atoms with Crippen molar-refractivity contribution in [3.8, 4) is 0 Å². The van der Waals surface area contributed by atoms with Crippen molar-refractivity contribution in [2.75, 3.05) is 34.7 Å². The van der Waals surface area contributed by atoms with E-state index in [1.165, 1.54) is 32.3 Å². The number of hydrogen-bond acceptors (Lipinski definition) is 4. The van der Waals surface area contributed by atoms with Gasteiger partial charge in [-0.05, 0) is 30.3 Å². The van der Waals surface area contributed by atoms with Crippen LogP contribution in [0, 0.1) is 0 Å². The zero-order chi connectivity index (χ0) is 19.5. The van der Waals surface area contributed by atoms with Crippen LogP contribution in [-0.2, 0) is 10.0 Å². The molecule has 0 aliphatic rings. The Bertz CT molecular complexity index is 864. The predicted octanol–water partition coefficient (Wildman–Crippen LogP) is 0.799. The molecule has 1 heterocycles. The first-order valence-corrected chi connectivity index (χ1v) is 9.80. The summed E-state index contributed by atoms with van der Waals surface area (Å²) in [6, 6.07) is 7.64. The van der Waals surface area contributed by atoms with Gasteiger partial charge in [-0.25, -0.2) is 12.7 Å². The Morgan fingerprint density at radius 3 is 2.54 bits per heavy atom. The molecular weight excluding hydrogens is 378 g/mol. The van der Waals surface area contributed by atoms with Crippen LogP contribution in [0.3, 0.4) is 0 Å². The first kappa shape index (κ1) is 20.4. The Morgan fingerprint density at radius 2 is 2.00 bits per heavy atom. The van der Waals surface area contributed by atoms with E-state index < -0.39 is 15.9 Å². The molecule has 7 nitrogen and oxygen atoms in total. The van der Waals surface area contributed by atoms with Crippen LogP contribution in [0.4, 0.5) is 0 Å². The maximum absolute atomic E-state index is 12.6. The number of nitrogens with one attached hydrogen (secondary N) is 2. The molecule has 2 rings (SSSR count). The van der Waals surface area contributed by atoms with Crippen LogP contribution in [0.1, 0.15) is 22.2 Å². The third kappa shape index (κ3) is 4.45. The van der Waals surface area contributed by atoms with Crippen molar-refractivity contribution in [2.24, 2.45) is 0 Å². The van der Waals surface area contributed by atoms with E-state index in [2.05, 4.69) is 5.32 Å². The number of amides is 1. The molecule has 0 saturated heterocycles. The average Bonchev–Trinajstić information content (AvgIpc) is 3.08. The van der Waals surface area contributed by atoms with Gasteiger partial charge in [0.25, 0.3) is 5.91 Å². The van der Waals surface area contributed by atoms with E-state index in [9.17, 15) is 13.2 Å². The lowest BCUT2D eigenvalue weighted by Gasteiger charge is -2.20. The highest BCUT2D eigenvalue weighted by Crippen LogP contribution is 2.22. The Hall–Kier alpha value is -1.87. The number of benzene rings is 1. The molecule has 0 bridgehead atoms. The standard InChI is InChI=1S/C17H22ClN3O4S/c1-20(2)15(16-6-5-9-25-16)11-19-17(22)13-10-12(7-8-14(13)18)26(23,24)21(3)4/h5-10,15H,11H2,1-4H3,(H,19,22)/p+1/t15-/m0/s1. The summed E-state index contributed by atoms with van der Waals surface area (Å²) in [5, 5.41) is 2.99. The van der Waals surface area contributed by atoms with Gasteiger partial charge in [0.2, 0.25) is 10.0 Å². The largest absolute Gasteiger partial charge is 0.463 e. The fraction of sp³-hybridized carbons (Fsp3) is 0.353. The van der Waals surface area contributed by atoms with Crippen molar-refractivity contribution in [3.63, 3.8) is 0 Å². The van der Waals surface area contributed by atoms with E-state index in [-0.39, 0.29) is 21.5 Å². The second-order valence-electron chi connectivity index (χ2n) is 6.28. The number of halogens is 1. The van der Waals surface area contributed by atoms with Crippen LogP contribution in [0.15, 0.2) is 45.9 Å². The number of quaternary nitrogens is 1. The van der Waals surface area contributed by atoms with Crippen molar-refractivity contribution >= 4 is 27.5 Å². The Kier molecular flexibility index (Phi) is 6.46. The van der Waals surface area contributed by atoms with Crippen LogP contribution in [0.5, 0.6) is 0 Å².